The van der Waals surface area contributed by atoms with E-state index in [-0.39, 0.29) is 18.9 Å². The molecule has 0 aromatic carbocycles. The Bertz CT molecular complexity index is 451. The Balaban J connectivity index is 1.97. The van der Waals surface area contributed by atoms with Gasteiger partial charge < -0.3 is 16.0 Å². The van der Waals surface area contributed by atoms with Gasteiger partial charge >= 0.3 is 0 Å². The smallest absolute Gasteiger partial charge is 0.256 e. The van der Waals surface area contributed by atoms with Gasteiger partial charge in [0.25, 0.3) is 5.91 Å². The van der Waals surface area contributed by atoms with Crippen molar-refractivity contribution >= 4 is 17.6 Å². The van der Waals surface area contributed by atoms with Crippen LogP contribution in [0.25, 0.3) is 0 Å². The van der Waals surface area contributed by atoms with Gasteiger partial charge in [-0.25, -0.2) is 0 Å². The van der Waals surface area contributed by atoms with E-state index in [1.54, 1.807) is 0 Å². The molecule has 2 rings (SSSR count). The van der Waals surface area contributed by atoms with Crippen molar-refractivity contribution in [3.05, 3.63) is 11.8 Å². The summed E-state index contributed by atoms with van der Waals surface area (Å²) in [6.45, 7) is 2.12. The molecule has 7 heteroatoms. The van der Waals surface area contributed by atoms with Gasteiger partial charge in [-0.2, -0.15) is 5.10 Å². The molecule has 1 aromatic rings. The number of amides is 2. The van der Waals surface area contributed by atoms with E-state index in [4.69, 9.17) is 5.73 Å². The lowest BCUT2D eigenvalue weighted by molar-refractivity contribution is -0.117. The fraction of sp³-hybridized carbons (Fsp3) is 0.583. The third-order valence-corrected chi connectivity index (χ3v) is 3.19. The molecule has 1 aliphatic rings. The number of carbonyl (C=O) groups excluding carboxylic acids is 2. The van der Waals surface area contributed by atoms with Gasteiger partial charge in [0.1, 0.15) is 11.4 Å². The number of aromatic nitrogens is 2. The summed E-state index contributed by atoms with van der Waals surface area (Å²) in [5.41, 5.74) is 5.55. The molecule has 19 heavy (non-hydrogen) atoms. The standard InChI is InChI=1S/C12H19N5O2/c13-10(18)4-5-14-12(19)9-8-15-16-11(9)17-6-2-1-3-7-17/h8H,1-7H2,(H2,13,18)(H,14,19)(H,15,16). The Hall–Kier alpha value is -2.05. The minimum absolute atomic E-state index is 0.142. The number of nitrogens with two attached hydrogens (primary N) is 1. The van der Waals surface area contributed by atoms with E-state index in [0.717, 1.165) is 31.7 Å². The molecule has 0 aliphatic carbocycles. The maximum Gasteiger partial charge on any atom is 0.256 e. The zero-order valence-corrected chi connectivity index (χ0v) is 10.8. The van der Waals surface area contributed by atoms with Crippen LogP contribution in [0.5, 0.6) is 0 Å². The summed E-state index contributed by atoms with van der Waals surface area (Å²) in [5.74, 6) is 0.107. The van der Waals surface area contributed by atoms with Crippen molar-refractivity contribution in [2.75, 3.05) is 24.5 Å². The van der Waals surface area contributed by atoms with Crippen LogP contribution in [0.3, 0.4) is 0 Å². The number of nitrogens with zero attached hydrogens (tertiary/aromatic N) is 2. The van der Waals surface area contributed by atoms with Crippen molar-refractivity contribution in [2.45, 2.75) is 25.7 Å². The third-order valence-electron chi connectivity index (χ3n) is 3.19. The van der Waals surface area contributed by atoms with E-state index in [0.29, 0.717) is 5.56 Å². The van der Waals surface area contributed by atoms with Crippen molar-refractivity contribution in [2.24, 2.45) is 5.73 Å². The molecule has 0 bridgehead atoms. The summed E-state index contributed by atoms with van der Waals surface area (Å²) in [7, 11) is 0. The average molecular weight is 265 g/mol. The Morgan fingerprint density at radius 1 is 1.37 bits per heavy atom. The number of hydrogen-bond donors (Lipinski definition) is 3. The maximum atomic E-state index is 12.0. The minimum atomic E-state index is -0.427. The molecule has 1 saturated heterocycles. The molecule has 1 fully saturated rings. The van der Waals surface area contributed by atoms with Crippen molar-refractivity contribution in [1.29, 1.82) is 0 Å². The number of anilines is 1. The predicted octanol–water partition coefficient (Wildman–Crippen LogP) is 0.00520. The van der Waals surface area contributed by atoms with Gasteiger partial charge in [0.15, 0.2) is 0 Å². The van der Waals surface area contributed by atoms with Crippen LogP contribution in [0.4, 0.5) is 5.82 Å². The number of primary amides is 1. The molecular formula is C12H19N5O2. The monoisotopic (exact) mass is 265 g/mol. The van der Waals surface area contributed by atoms with Crippen LogP contribution in [0, 0.1) is 0 Å². The summed E-state index contributed by atoms with van der Waals surface area (Å²) in [6.07, 6.45) is 5.14. The molecule has 0 radical (unpaired) electrons. The quantitative estimate of drug-likeness (QED) is 0.697. The van der Waals surface area contributed by atoms with Crippen molar-refractivity contribution in [3.63, 3.8) is 0 Å². The van der Waals surface area contributed by atoms with Crippen molar-refractivity contribution in [3.8, 4) is 0 Å². The lowest BCUT2D eigenvalue weighted by atomic mass is 10.1. The normalized spacial score (nSPS) is 15.3. The van der Waals surface area contributed by atoms with Crippen LogP contribution >= 0.6 is 0 Å². The highest BCUT2D eigenvalue weighted by molar-refractivity contribution is 5.98. The molecule has 2 heterocycles. The Kier molecular flexibility index (Phi) is 4.38. The van der Waals surface area contributed by atoms with Gasteiger partial charge in [-0.15, -0.1) is 0 Å². The topological polar surface area (TPSA) is 104 Å². The van der Waals surface area contributed by atoms with Gasteiger partial charge in [-0.3, -0.25) is 14.7 Å². The van der Waals surface area contributed by atoms with Crippen molar-refractivity contribution < 1.29 is 9.59 Å². The summed E-state index contributed by atoms with van der Waals surface area (Å²) in [6, 6.07) is 0. The summed E-state index contributed by atoms with van der Waals surface area (Å²) in [4.78, 5) is 24.8. The first-order valence-electron chi connectivity index (χ1n) is 6.53. The molecule has 4 N–H and O–H groups in total. The molecule has 104 valence electrons. The minimum Gasteiger partial charge on any atom is -0.370 e. The fourth-order valence-electron chi connectivity index (χ4n) is 2.20. The van der Waals surface area contributed by atoms with Gasteiger partial charge in [0, 0.05) is 26.1 Å². The molecule has 2 amide bonds. The molecule has 0 atom stereocenters. The second-order valence-electron chi connectivity index (χ2n) is 4.65. The van der Waals surface area contributed by atoms with E-state index in [9.17, 15) is 9.59 Å². The molecular weight excluding hydrogens is 246 g/mol. The number of carbonyl (C=O) groups is 2. The second kappa shape index (κ2) is 6.21. The van der Waals surface area contributed by atoms with E-state index in [1.807, 2.05) is 0 Å². The third kappa shape index (κ3) is 3.46. The van der Waals surface area contributed by atoms with E-state index < -0.39 is 5.91 Å². The van der Waals surface area contributed by atoms with Crippen LogP contribution in [-0.4, -0.2) is 41.6 Å². The fourth-order valence-corrected chi connectivity index (χ4v) is 2.20. The van der Waals surface area contributed by atoms with Gasteiger partial charge in [-0.1, -0.05) is 0 Å². The van der Waals surface area contributed by atoms with Gasteiger partial charge in [0.05, 0.1) is 6.20 Å². The zero-order chi connectivity index (χ0) is 13.7. The molecule has 1 aromatic heterocycles. The summed E-state index contributed by atoms with van der Waals surface area (Å²) in [5, 5.41) is 9.49. The lowest BCUT2D eigenvalue weighted by Crippen LogP contribution is -2.33. The number of hydrogen-bond acceptors (Lipinski definition) is 4. The second-order valence-corrected chi connectivity index (χ2v) is 4.65. The largest absolute Gasteiger partial charge is 0.370 e. The van der Waals surface area contributed by atoms with Crippen LogP contribution < -0.4 is 16.0 Å². The van der Waals surface area contributed by atoms with Crippen LogP contribution in [0.15, 0.2) is 6.20 Å². The zero-order valence-electron chi connectivity index (χ0n) is 10.8. The van der Waals surface area contributed by atoms with Crippen LogP contribution in [0.1, 0.15) is 36.0 Å². The SMILES string of the molecule is NC(=O)CCNC(=O)c1cn[nH]c1N1CCCCC1. The van der Waals surface area contributed by atoms with Crippen LogP contribution in [-0.2, 0) is 4.79 Å². The average Bonchev–Trinajstić information content (AvgIpc) is 2.88. The van der Waals surface area contributed by atoms with E-state index >= 15 is 0 Å². The molecule has 0 saturated carbocycles. The predicted molar refractivity (Wildman–Crippen MR) is 70.8 cm³/mol. The molecule has 0 spiro atoms. The first kappa shape index (κ1) is 13.4. The first-order chi connectivity index (χ1) is 9.18. The van der Waals surface area contributed by atoms with Gasteiger partial charge in [0.2, 0.25) is 5.91 Å². The highest BCUT2D eigenvalue weighted by atomic mass is 16.2. The number of H-pyrrole nitrogens is 1. The first-order valence-corrected chi connectivity index (χ1v) is 6.53. The number of piperidine rings is 1. The van der Waals surface area contributed by atoms with E-state index in [1.165, 1.54) is 12.6 Å². The molecule has 7 nitrogen and oxygen atoms in total. The Morgan fingerprint density at radius 3 is 2.79 bits per heavy atom. The lowest BCUT2D eigenvalue weighted by Gasteiger charge is -2.27. The highest BCUT2D eigenvalue weighted by Gasteiger charge is 2.20. The maximum absolute atomic E-state index is 12.0. The number of nitrogens with one attached hydrogen (secondary N) is 2. The Morgan fingerprint density at radius 2 is 2.11 bits per heavy atom. The summed E-state index contributed by atoms with van der Waals surface area (Å²) < 4.78 is 0. The van der Waals surface area contributed by atoms with E-state index in [2.05, 4.69) is 20.4 Å². The molecule has 1 aliphatic heterocycles. The molecule has 0 unspecified atom stereocenters. The van der Waals surface area contributed by atoms with Crippen molar-refractivity contribution in [1.82, 2.24) is 15.5 Å². The van der Waals surface area contributed by atoms with Gasteiger partial charge in [-0.05, 0) is 19.3 Å². The number of aromatic amines is 1. The Labute approximate surface area is 111 Å². The summed E-state index contributed by atoms with van der Waals surface area (Å²) >= 11 is 0. The highest BCUT2D eigenvalue weighted by Crippen LogP contribution is 2.21. The van der Waals surface area contributed by atoms with Crippen LogP contribution in [0.2, 0.25) is 0 Å². The number of rotatable bonds is 5.